The van der Waals surface area contributed by atoms with Crippen molar-refractivity contribution < 1.29 is 22.1 Å². The molecular weight excluding hydrogens is 1160 g/mol. The number of rotatable bonds is 3. The predicted octanol–water partition coefficient (Wildman–Crippen LogP) is 25.1. The SMILES string of the molecule is Cc1ccc(-c2ccccc2C)o1.Cc1ccc(-c2ccccc2C)s1.Cc1ccc(C)o1.Cc1ccc(C)s1.Cc1cccc(-c2ccco2)c1.Cc1cnsc1.Cc1coc(C)c1.Cc1cocc1C.Cc1csc(C)c1.Cc1cscc1C. The molecule has 0 amide bonds. The summed E-state index contributed by atoms with van der Waals surface area (Å²) in [5, 5.41) is 8.50. The molecule has 0 radical (unpaired) electrons. The predicted molar refractivity (Wildman–Crippen MR) is 375 cm³/mol. The van der Waals surface area contributed by atoms with Gasteiger partial charge < -0.3 is 22.1 Å². The summed E-state index contributed by atoms with van der Waals surface area (Å²) in [6.07, 6.45) is 8.78. The Hall–Kier alpha value is -7.51. The molecule has 0 aliphatic rings. The fourth-order valence-electron chi connectivity index (χ4n) is 7.47. The van der Waals surface area contributed by atoms with E-state index in [1.165, 1.54) is 103 Å². The normalized spacial score (nSPS) is 9.74. The fraction of sp³-hybridized carbons (Fsp3) is 0.240. The van der Waals surface area contributed by atoms with Crippen molar-refractivity contribution in [1.82, 2.24) is 4.37 Å². The topological polar surface area (TPSA) is 78.6 Å². The number of benzene rings is 3. The van der Waals surface area contributed by atoms with Crippen LogP contribution in [0.4, 0.5) is 0 Å². The number of hydrogen-bond acceptors (Lipinski definition) is 11. The van der Waals surface area contributed by atoms with Gasteiger partial charge >= 0.3 is 0 Å². The van der Waals surface area contributed by atoms with Gasteiger partial charge in [-0.05, 0) is 287 Å². The van der Waals surface area contributed by atoms with E-state index in [1.54, 1.807) is 47.7 Å². The van der Waals surface area contributed by atoms with E-state index in [2.05, 4.69) is 169 Å². The van der Waals surface area contributed by atoms with Gasteiger partial charge in [0, 0.05) is 47.1 Å². The molecule has 0 bridgehead atoms. The first-order chi connectivity index (χ1) is 41.1. The molecule has 0 unspecified atom stereocenters. The maximum atomic E-state index is 5.55. The monoisotopic (exact) mass is 1240 g/mol. The van der Waals surface area contributed by atoms with Crippen molar-refractivity contribution in [2.45, 2.75) is 125 Å². The molecule has 452 valence electrons. The summed E-state index contributed by atoms with van der Waals surface area (Å²) in [7, 11) is 0. The highest BCUT2D eigenvalue weighted by atomic mass is 32.1. The first kappa shape index (κ1) is 71.0. The Kier molecular flexibility index (Phi) is 31.8. The van der Waals surface area contributed by atoms with E-state index in [9.17, 15) is 0 Å². The van der Waals surface area contributed by atoms with Crippen LogP contribution < -0.4 is 0 Å². The molecule has 0 aliphatic heterocycles. The molecule has 0 N–H and O–H groups in total. The van der Waals surface area contributed by atoms with Crippen LogP contribution in [0.2, 0.25) is 0 Å². The number of thiophene rings is 4. The third-order valence-corrected chi connectivity index (χ3v) is 17.0. The minimum absolute atomic E-state index is 0.929. The largest absolute Gasteiger partial charge is 0.472 e. The van der Waals surface area contributed by atoms with Gasteiger partial charge in [0.1, 0.15) is 34.6 Å². The number of furan rings is 5. The van der Waals surface area contributed by atoms with Gasteiger partial charge in [-0.2, -0.15) is 11.3 Å². The Bertz CT molecular complexity index is 3470. The summed E-state index contributed by atoms with van der Waals surface area (Å²) >= 11 is 8.76. The summed E-state index contributed by atoms with van der Waals surface area (Å²) in [4.78, 5) is 6.95. The maximum absolute atomic E-state index is 5.55. The molecule has 10 heterocycles. The fourth-order valence-corrected chi connectivity index (χ4v) is 11.3. The van der Waals surface area contributed by atoms with Gasteiger partial charge in [0.05, 0.1) is 25.1 Å². The molecule has 86 heavy (non-hydrogen) atoms. The lowest BCUT2D eigenvalue weighted by Gasteiger charge is -2.00. The molecule has 3 aromatic carbocycles. The minimum Gasteiger partial charge on any atom is -0.472 e. The molecule has 0 spiro atoms. The van der Waals surface area contributed by atoms with Crippen LogP contribution in [0.1, 0.15) is 98.2 Å². The van der Waals surface area contributed by atoms with Crippen LogP contribution in [-0.2, 0) is 0 Å². The van der Waals surface area contributed by atoms with E-state index in [0.717, 1.165) is 40.1 Å². The molecule has 0 fully saturated rings. The lowest BCUT2D eigenvalue weighted by Crippen LogP contribution is -1.78. The number of nitrogens with zero attached hydrogens (tertiary/aromatic N) is 1. The molecule has 0 saturated heterocycles. The molecule has 11 heteroatoms. The first-order valence-electron chi connectivity index (χ1n) is 28.4. The van der Waals surface area contributed by atoms with Gasteiger partial charge in [0.15, 0.2) is 0 Å². The van der Waals surface area contributed by atoms with Crippen molar-refractivity contribution in [3.05, 3.63) is 297 Å². The molecule has 0 saturated carbocycles. The van der Waals surface area contributed by atoms with Gasteiger partial charge in [0.25, 0.3) is 0 Å². The Morgan fingerprint density at radius 3 is 1.26 bits per heavy atom. The second-order valence-electron chi connectivity index (χ2n) is 20.8. The van der Waals surface area contributed by atoms with Crippen molar-refractivity contribution in [1.29, 1.82) is 0 Å². The van der Waals surface area contributed by atoms with Crippen molar-refractivity contribution in [3.63, 3.8) is 0 Å². The van der Waals surface area contributed by atoms with Crippen LogP contribution in [0, 0.1) is 125 Å². The first-order valence-corrected chi connectivity index (χ1v) is 32.7. The van der Waals surface area contributed by atoms with Gasteiger partial charge in [-0.25, -0.2) is 4.37 Å². The van der Waals surface area contributed by atoms with Gasteiger partial charge in [0.2, 0.25) is 0 Å². The third-order valence-electron chi connectivity index (χ3n) is 12.4. The Morgan fingerprint density at radius 1 is 0.349 bits per heavy atom. The standard InChI is InChI=1S/C12H12O.C12H12S.C11H10O.3C6H8O.3C6H8S.C4H5NS/c2*1-9-5-3-4-6-11(9)12-8-7-10(2)13-12;1-9-4-2-5-10(8-9)11-6-3-7-12-11;1-5-3-7-4-6(5)2;1-5-3-6(2)7-4-5;1-5-3-4-6(2)7-5;1-5-3-7-4-6(5)2;1-5-3-6(2)7-4-5;1-5-3-4-6(2)7-5;1-4-2-5-6-3-4/h2*3-8H,1-2H3;2-8H,1H3;6*3-4H,1-2H3;2-3H,1H3. The summed E-state index contributed by atoms with van der Waals surface area (Å²) in [6, 6.07) is 49.6. The van der Waals surface area contributed by atoms with Crippen LogP contribution in [-0.4, -0.2) is 4.37 Å². The van der Waals surface area contributed by atoms with E-state index >= 15 is 0 Å². The Labute approximate surface area is 533 Å². The quantitative estimate of drug-likeness (QED) is 0.175. The summed E-state index contributed by atoms with van der Waals surface area (Å²) < 4.78 is 29.6. The smallest absolute Gasteiger partial charge is 0.134 e. The highest BCUT2D eigenvalue weighted by molar-refractivity contribution is 7.15. The van der Waals surface area contributed by atoms with Crippen LogP contribution in [0.25, 0.3) is 33.1 Å². The van der Waals surface area contributed by atoms with Crippen LogP contribution in [0.15, 0.2) is 220 Å². The van der Waals surface area contributed by atoms with Crippen molar-refractivity contribution in [2.75, 3.05) is 0 Å². The molecule has 0 atom stereocenters. The second kappa shape index (κ2) is 38.5. The number of hydrogen-bond donors (Lipinski definition) is 0. The lowest BCUT2D eigenvalue weighted by molar-refractivity contribution is 0.504. The van der Waals surface area contributed by atoms with Gasteiger partial charge in [-0.15, -0.1) is 34.0 Å². The Balaban J connectivity index is 0.000000208. The molecule has 6 nitrogen and oxygen atoms in total. The van der Waals surface area contributed by atoms with Crippen molar-refractivity contribution in [2.24, 2.45) is 0 Å². The summed E-state index contributed by atoms with van der Waals surface area (Å²) in [6.45, 7) is 37.1. The molecule has 13 aromatic rings. The zero-order valence-corrected chi connectivity index (χ0v) is 57.7. The molecular formula is C75H87NO5S5. The average Bonchev–Trinajstić information content (AvgIpc) is 4.49. The maximum Gasteiger partial charge on any atom is 0.134 e. The minimum atomic E-state index is 0.929. The molecule has 0 aliphatic carbocycles. The summed E-state index contributed by atoms with van der Waals surface area (Å²) in [5.41, 5.74) is 16.6. The van der Waals surface area contributed by atoms with Crippen LogP contribution in [0.5, 0.6) is 0 Å². The van der Waals surface area contributed by atoms with Gasteiger partial charge in [-0.3, -0.25) is 0 Å². The van der Waals surface area contributed by atoms with E-state index in [4.69, 9.17) is 22.1 Å². The van der Waals surface area contributed by atoms with E-state index in [0.29, 0.717) is 0 Å². The lowest BCUT2D eigenvalue weighted by atomic mass is 10.1. The molecule has 10 aromatic heterocycles. The van der Waals surface area contributed by atoms with Crippen LogP contribution in [0.3, 0.4) is 0 Å². The number of aromatic nitrogens is 1. The highest BCUT2D eigenvalue weighted by Crippen LogP contribution is 2.30. The third kappa shape index (κ3) is 28.1. The van der Waals surface area contributed by atoms with Crippen molar-refractivity contribution in [3.8, 4) is 33.1 Å². The molecule has 13 rings (SSSR count). The van der Waals surface area contributed by atoms with E-state index in [-0.39, 0.29) is 0 Å². The van der Waals surface area contributed by atoms with E-state index in [1.807, 2.05) is 156 Å². The number of aryl methyl sites for hydroxylation is 18. The van der Waals surface area contributed by atoms with Gasteiger partial charge in [-0.1, -0.05) is 72.3 Å². The highest BCUT2D eigenvalue weighted by Gasteiger charge is 2.05. The Morgan fingerprint density at radius 2 is 0.930 bits per heavy atom. The average molecular weight is 1240 g/mol. The van der Waals surface area contributed by atoms with Crippen LogP contribution >= 0.6 is 56.9 Å². The van der Waals surface area contributed by atoms with Crippen molar-refractivity contribution >= 4 is 56.9 Å². The summed E-state index contributed by atoms with van der Waals surface area (Å²) in [5.74, 6) is 5.79. The zero-order chi connectivity index (χ0) is 63.0. The zero-order valence-electron chi connectivity index (χ0n) is 53.6. The van der Waals surface area contributed by atoms with E-state index < -0.39 is 0 Å². The second-order valence-corrected chi connectivity index (χ2v) is 26.1.